The van der Waals surface area contributed by atoms with Crippen LogP contribution in [0.5, 0.6) is 0 Å². The van der Waals surface area contributed by atoms with Crippen molar-refractivity contribution in [2.75, 3.05) is 0 Å². The highest BCUT2D eigenvalue weighted by Gasteiger charge is 2.02. The molecule has 0 heterocycles. The molecule has 0 radical (unpaired) electrons. The summed E-state index contributed by atoms with van der Waals surface area (Å²) in [6.07, 6.45) is 4.73. The molecule has 0 aliphatic carbocycles. The monoisotopic (exact) mass is 438 g/mol. The lowest BCUT2D eigenvalue weighted by Gasteiger charge is -2.08. The summed E-state index contributed by atoms with van der Waals surface area (Å²) in [6.45, 7) is 8.44. The first-order valence-corrected chi connectivity index (χ1v) is 12.1. The zero-order valence-electron chi connectivity index (χ0n) is 20.2. The smallest absolute Gasteiger partial charge is 0.0152 e. The van der Waals surface area contributed by atoms with Gasteiger partial charge >= 0.3 is 0 Å². The van der Waals surface area contributed by atoms with E-state index in [9.17, 15) is 0 Å². The van der Waals surface area contributed by atoms with Crippen LogP contribution >= 0.6 is 0 Å². The van der Waals surface area contributed by atoms with E-state index < -0.39 is 0 Å². The third-order valence-corrected chi connectivity index (χ3v) is 5.19. The molecule has 0 aromatic heterocycles. The summed E-state index contributed by atoms with van der Waals surface area (Å²) in [6, 6.07) is 38.6. The van der Waals surface area contributed by atoms with Crippen molar-refractivity contribution in [3.8, 4) is 22.3 Å². The van der Waals surface area contributed by atoms with Gasteiger partial charge in [-0.3, -0.25) is 0 Å². The molecule has 0 bridgehead atoms. The summed E-state index contributed by atoms with van der Waals surface area (Å²) in [4.78, 5) is 0. The quantitative estimate of drug-likeness (QED) is 0.281. The molecule has 0 amide bonds. The van der Waals surface area contributed by atoms with Crippen LogP contribution in [0.1, 0.15) is 59.1 Å². The van der Waals surface area contributed by atoms with E-state index in [0.29, 0.717) is 0 Å². The fourth-order valence-corrected chi connectivity index (χ4v) is 3.73. The number of hydrogen-bond donors (Lipinski definition) is 0. The van der Waals surface area contributed by atoms with E-state index in [2.05, 4.69) is 123 Å². The molecule has 0 aliphatic heterocycles. The Morgan fingerprint density at radius 2 is 1.00 bits per heavy atom. The van der Waals surface area contributed by atoms with Crippen molar-refractivity contribution in [3.63, 3.8) is 0 Å². The lowest BCUT2D eigenvalue weighted by Crippen LogP contribution is -1.88. The summed E-state index contributed by atoms with van der Waals surface area (Å²) in [7, 11) is 0. The van der Waals surface area contributed by atoms with Crippen molar-refractivity contribution in [3.05, 3.63) is 120 Å². The van der Waals surface area contributed by atoms with Gasteiger partial charge < -0.3 is 0 Å². The van der Waals surface area contributed by atoms with Crippen LogP contribution in [0.3, 0.4) is 0 Å². The second-order valence-electron chi connectivity index (χ2n) is 7.59. The van der Waals surface area contributed by atoms with Gasteiger partial charge in [-0.2, -0.15) is 0 Å². The Labute approximate surface area is 203 Å². The van der Waals surface area contributed by atoms with E-state index >= 15 is 0 Å². The Balaban J connectivity index is 0.000000299. The molecule has 0 heteroatoms. The maximum absolute atomic E-state index is 2.29. The fourth-order valence-electron chi connectivity index (χ4n) is 3.73. The molecule has 4 aromatic carbocycles. The molecule has 0 nitrogen and oxygen atoms in total. The molecule has 0 spiro atoms. The highest BCUT2D eigenvalue weighted by atomic mass is 14.1. The number of hydrogen-bond acceptors (Lipinski definition) is 0. The fraction of sp³-hybridized carbons (Fsp3) is 0.273. The van der Waals surface area contributed by atoms with Gasteiger partial charge in [0.1, 0.15) is 0 Å². The van der Waals surface area contributed by atoms with E-state index in [1.54, 1.807) is 0 Å². The maximum atomic E-state index is 2.29. The first kappa shape index (κ1) is 27.9. The van der Waals surface area contributed by atoms with Crippen LogP contribution in [0.2, 0.25) is 0 Å². The molecule has 0 N–H and O–H groups in total. The number of benzene rings is 4. The van der Waals surface area contributed by atoms with Crippen LogP contribution in [0.15, 0.2) is 109 Å². The molecule has 0 atom stereocenters. The molecular formula is C33H42. The second-order valence-corrected chi connectivity index (χ2v) is 7.59. The van der Waals surface area contributed by atoms with Gasteiger partial charge in [0.05, 0.1) is 0 Å². The third-order valence-electron chi connectivity index (χ3n) is 5.19. The average Bonchev–Trinajstić information content (AvgIpc) is 2.88. The van der Waals surface area contributed by atoms with Crippen LogP contribution in [0.4, 0.5) is 0 Å². The molecule has 0 unspecified atom stereocenters. The zero-order valence-corrected chi connectivity index (χ0v) is 20.2. The van der Waals surface area contributed by atoms with E-state index in [4.69, 9.17) is 0 Å². The Morgan fingerprint density at radius 3 is 1.61 bits per heavy atom. The minimum atomic E-state index is 0. The Hall–Kier alpha value is -3.12. The van der Waals surface area contributed by atoms with Crippen molar-refractivity contribution < 1.29 is 0 Å². The first-order chi connectivity index (χ1) is 15.8. The summed E-state index contributed by atoms with van der Waals surface area (Å²) < 4.78 is 0. The van der Waals surface area contributed by atoms with Gasteiger partial charge in [0, 0.05) is 0 Å². The lowest BCUT2D eigenvalue weighted by molar-refractivity contribution is 0.922. The average molecular weight is 439 g/mol. The normalized spacial score (nSPS) is 9.45. The molecule has 4 rings (SSSR count). The third kappa shape index (κ3) is 9.10. The van der Waals surface area contributed by atoms with Gasteiger partial charge in [0.15, 0.2) is 0 Å². The lowest BCUT2D eigenvalue weighted by atomic mass is 9.97. The van der Waals surface area contributed by atoms with Gasteiger partial charge in [0.25, 0.3) is 0 Å². The van der Waals surface area contributed by atoms with Crippen LogP contribution in [-0.2, 0) is 12.8 Å². The second kappa shape index (κ2) is 16.5. The van der Waals surface area contributed by atoms with E-state index in [1.807, 2.05) is 13.8 Å². The van der Waals surface area contributed by atoms with Crippen LogP contribution in [-0.4, -0.2) is 0 Å². The van der Waals surface area contributed by atoms with Crippen molar-refractivity contribution in [2.24, 2.45) is 0 Å². The standard InChI is InChI=1S/2C15H16.C2H6.CH4/c1-2-8-13-11-6-7-12-15(13)14-9-4-3-5-10-14;1-2-7-13-8-6-11-15(12-13)14-9-4-3-5-10-14;1-2;/h3-7,9-12H,2,8H2,1H3;3-6,8-12H,2,7H2,1H3;1-2H3;1H4. The maximum Gasteiger partial charge on any atom is -0.0152 e. The number of aryl methyl sites for hydroxylation is 2. The molecule has 0 aliphatic rings. The van der Waals surface area contributed by atoms with E-state index in [1.165, 1.54) is 52.6 Å². The summed E-state index contributed by atoms with van der Waals surface area (Å²) >= 11 is 0. The largest absolute Gasteiger partial charge is 0.0776 e. The highest BCUT2D eigenvalue weighted by Crippen LogP contribution is 2.24. The van der Waals surface area contributed by atoms with Crippen molar-refractivity contribution in [2.45, 2.75) is 60.8 Å². The predicted octanol–water partition coefficient (Wildman–Crippen LogP) is 10.3. The zero-order chi connectivity index (χ0) is 23.0. The minimum absolute atomic E-state index is 0. The van der Waals surface area contributed by atoms with Gasteiger partial charge in [-0.1, -0.05) is 157 Å². The molecule has 174 valence electrons. The molecule has 4 aromatic rings. The predicted molar refractivity (Wildman–Crippen MR) is 150 cm³/mol. The summed E-state index contributed by atoms with van der Waals surface area (Å²) in [5.41, 5.74) is 8.20. The Kier molecular flexibility index (Phi) is 14.0. The summed E-state index contributed by atoms with van der Waals surface area (Å²) in [5, 5.41) is 0. The van der Waals surface area contributed by atoms with Crippen LogP contribution < -0.4 is 0 Å². The highest BCUT2D eigenvalue weighted by molar-refractivity contribution is 5.67. The molecular weight excluding hydrogens is 396 g/mol. The Bertz CT molecular complexity index is 1000. The minimum Gasteiger partial charge on any atom is -0.0776 e. The van der Waals surface area contributed by atoms with Gasteiger partial charge in [-0.15, -0.1) is 0 Å². The molecule has 0 saturated heterocycles. The summed E-state index contributed by atoms with van der Waals surface area (Å²) in [5.74, 6) is 0. The van der Waals surface area contributed by atoms with E-state index in [-0.39, 0.29) is 7.43 Å². The van der Waals surface area contributed by atoms with Crippen molar-refractivity contribution in [1.82, 2.24) is 0 Å². The van der Waals surface area contributed by atoms with E-state index in [0.717, 1.165) is 6.42 Å². The first-order valence-electron chi connectivity index (χ1n) is 12.1. The molecule has 33 heavy (non-hydrogen) atoms. The van der Waals surface area contributed by atoms with Gasteiger partial charge in [0.2, 0.25) is 0 Å². The van der Waals surface area contributed by atoms with Crippen LogP contribution in [0, 0.1) is 0 Å². The van der Waals surface area contributed by atoms with Crippen molar-refractivity contribution in [1.29, 1.82) is 0 Å². The SMILES string of the molecule is C.CC.CCCc1cccc(-c2ccccc2)c1.CCCc1ccccc1-c1ccccc1. The molecule has 0 fully saturated rings. The number of rotatable bonds is 6. The van der Waals surface area contributed by atoms with Crippen LogP contribution in [0.25, 0.3) is 22.3 Å². The molecule has 0 saturated carbocycles. The van der Waals surface area contributed by atoms with Gasteiger partial charge in [-0.05, 0) is 46.2 Å². The Morgan fingerprint density at radius 1 is 0.485 bits per heavy atom. The topological polar surface area (TPSA) is 0 Å². The van der Waals surface area contributed by atoms with Gasteiger partial charge in [-0.25, -0.2) is 0 Å². The van der Waals surface area contributed by atoms with Crippen molar-refractivity contribution >= 4 is 0 Å².